The molecule has 320 valence electrons. The van der Waals surface area contributed by atoms with Crippen molar-refractivity contribution in [3.05, 3.63) is 0 Å². The van der Waals surface area contributed by atoms with Crippen molar-refractivity contribution in [1.82, 2.24) is 0 Å². The molecular weight excluding hydrogens is 760 g/mol. The summed E-state index contributed by atoms with van der Waals surface area (Å²) in [4.78, 5) is 0. The second-order valence-corrected chi connectivity index (χ2v) is 14.1. The third-order valence-corrected chi connectivity index (χ3v) is 10.6. The number of rotatable bonds is 4. The molecule has 55 heavy (non-hydrogen) atoms. The first-order chi connectivity index (χ1) is 26.1. The first kappa shape index (κ1) is 43.6. The molecule has 25 heteroatoms. The molecule has 0 saturated carbocycles. The van der Waals surface area contributed by atoms with Crippen molar-refractivity contribution in [2.24, 2.45) is 0 Å². The lowest BCUT2D eigenvalue weighted by Gasteiger charge is -2.50. The molecule has 25 atom stereocenters. The molecule has 0 aromatic carbocycles. The molecule has 11 aliphatic rings. The van der Waals surface area contributed by atoms with Crippen molar-refractivity contribution in [3.8, 4) is 0 Å². The van der Waals surface area contributed by atoms with Crippen molar-refractivity contribution in [2.45, 2.75) is 154 Å². The van der Waals surface area contributed by atoms with Crippen LogP contribution in [0.15, 0.2) is 0 Å². The van der Waals surface area contributed by atoms with E-state index in [1.54, 1.807) is 0 Å². The van der Waals surface area contributed by atoms with Gasteiger partial charge in [0.2, 0.25) is 0 Å². The Hall–Kier alpha value is -1.00. The van der Waals surface area contributed by atoms with Crippen LogP contribution >= 0.6 is 0 Å². The zero-order chi connectivity index (χ0) is 40.0. The Morgan fingerprint density at radius 2 is 0.636 bits per heavy atom. The summed E-state index contributed by atoms with van der Waals surface area (Å²) >= 11 is 0. The Morgan fingerprint density at radius 3 is 1.02 bits per heavy atom. The largest absolute Gasteiger partial charge is 0.394 e. The molecule has 0 spiro atoms. The van der Waals surface area contributed by atoms with Gasteiger partial charge in [0.25, 0.3) is 0 Å². The van der Waals surface area contributed by atoms with E-state index < -0.39 is 187 Å². The van der Waals surface area contributed by atoms with Crippen LogP contribution in [0, 0.1) is 0 Å². The van der Waals surface area contributed by atoms with E-state index in [0.717, 1.165) is 0 Å². The third kappa shape index (κ3) is 8.41. The van der Waals surface area contributed by atoms with Gasteiger partial charge in [0.15, 0.2) is 31.5 Å². The molecule has 0 radical (unpaired) electrons. The topological polar surface area (TPSA) is 396 Å². The maximum Gasteiger partial charge on any atom is 0.187 e. The Balaban J connectivity index is 1.34. The van der Waals surface area contributed by atoms with E-state index in [9.17, 15) is 76.6 Å². The molecule has 10 bridgehead atoms. The van der Waals surface area contributed by atoms with Gasteiger partial charge < -0.3 is 124 Å². The highest BCUT2D eigenvalue weighted by atomic mass is 16.8. The van der Waals surface area contributed by atoms with Crippen LogP contribution in [0.4, 0.5) is 0 Å². The summed E-state index contributed by atoms with van der Waals surface area (Å²) < 4.78 is 56.1. The molecule has 11 saturated heterocycles. The summed E-state index contributed by atoms with van der Waals surface area (Å²) in [5.41, 5.74) is 0. The lowest BCUT2D eigenvalue weighted by molar-refractivity contribution is -0.396. The van der Waals surface area contributed by atoms with E-state index in [4.69, 9.17) is 47.4 Å². The molecular formula is C30H50O25. The minimum atomic E-state index is -2.08. The second-order valence-electron chi connectivity index (χ2n) is 14.1. The molecule has 0 aliphatic carbocycles. The maximum atomic E-state index is 11.3. The van der Waals surface area contributed by atoms with Gasteiger partial charge in [0.1, 0.15) is 122 Å². The molecule has 11 aliphatic heterocycles. The van der Waals surface area contributed by atoms with Crippen LogP contribution in [0.25, 0.3) is 0 Å². The average Bonchev–Trinajstić information content (AvgIpc) is 3.17. The molecule has 11 heterocycles. The van der Waals surface area contributed by atoms with Gasteiger partial charge >= 0.3 is 0 Å². The minimum Gasteiger partial charge on any atom is -0.394 e. The van der Waals surface area contributed by atoms with Gasteiger partial charge in [-0.1, -0.05) is 0 Å². The fourth-order valence-electron chi connectivity index (χ4n) is 7.40. The molecule has 0 aromatic heterocycles. The highest BCUT2D eigenvalue weighted by molar-refractivity contribution is 4.99. The lowest BCUT2D eigenvalue weighted by Crippen LogP contribution is -2.68. The van der Waals surface area contributed by atoms with Crippen molar-refractivity contribution >= 4 is 0 Å². The van der Waals surface area contributed by atoms with Crippen molar-refractivity contribution in [3.63, 3.8) is 0 Å². The quantitative estimate of drug-likeness (QED) is 0.125. The Kier molecular flexibility index (Phi) is 14.3. The normalized spacial score (nSPS) is 55.6. The first-order valence-electron chi connectivity index (χ1n) is 17.6. The van der Waals surface area contributed by atoms with Crippen LogP contribution < -0.4 is 0 Å². The number of hydrogen-bond acceptors (Lipinski definition) is 25. The summed E-state index contributed by atoms with van der Waals surface area (Å²) in [7, 11) is 0. The molecule has 15 N–H and O–H groups in total. The van der Waals surface area contributed by atoms with Gasteiger partial charge in [-0.15, -0.1) is 0 Å². The summed E-state index contributed by atoms with van der Waals surface area (Å²) in [6, 6.07) is 0. The fraction of sp³-hybridized carbons (Fsp3) is 1.00. The molecule has 25 nitrogen and oxygen atoms in total. The van der Waals surface area contributed by atoms with E-state index in [2.05, 4.69) is 0 Å². The highest BCUT2D eigenvalue weighted by Crippen LogP contribution is 2.36. The number of aliphatic hydroxyl groups excluding tert-OH is 15. The van der Waals surface area contributed by atoms with Crippen LogP contribution in [0.5, 0.6) is 0 Å². The van der Waals surface area contributed by atoms with Gasteiger partial charge in [-0.05, 0) is 0 Å². The van der Waals surface area contributed by atoms with Crippen LogP contribution in [0.2, 0.25) is 0 Å². The molecule has 0 aromatic rings. The van der Waals surface area contributed by atoms with Gasteiger partial charge in [0, 0.05) is 0 Å². The Morgan fingerprint density at radius 1 is 0.309 bits per heavy atom. The summed E-state index contributed by atoms with van der Waals surface area (Å²) in [6.45, 7) is -4.50. The van der Waals surface area contributed by atoms with Gasteiger partial charge in [-0.3, -0.25) is 0 Å². The van der Waals surface area contributed by atoms with E-state index >= 15 is 0 Å². The van der Waals surface area contributed by atoms with Crippen LogP contribution in [0.1, 0.15) is 0 Å². The molecule has 0 amide bonds. The standard InChI is InChI=1S/C30H50O25/c31-1-6-24-20(44)25(26(45)47-6)46-5-10-11(35)12(36)16(40)27(51-10)52-21-7(2-32)48-28(17(41)13(21)37)53-22-8(3-33)49-29(18(42)14(22)38)54-23-9(4-34)50-30(55-24)19(43)15(23)39/h6-45H,1-5H2/t6-,7-,8-,9-,10-,11-,12+,13-,14-,15-,16-,17-,18-,19-,20+,21-,22-,23-,24-,25-,26+,27-,28-,29-,30-/m1/s1. The molecule has 11 fully saturated rings. The smallest absolute Gasteiger partial charge is 0.187 e. The monoisotopic (exact) mass is 810 g/mol. The number of ether oxygens (including phenoxy) is 10. The van der Waals surface area contributed by atoms with Crippen LogP contribution in [0.3, 0.4) is 0 Å². The minimum absolute atomic E-state index is 0.785. The molecule has 0 unspecified atom stereocenters. The fourth-order valence-corrected chi connectivity index (χ4v) is 7.40. The third-order valence-electron chi connectivity index (χ3n) is 10.6. The summed E-state index contributed by atoms with van der Waals surface area (Å²) in [6.07, 6.45) is -46.6. The SMILES string of the molecule is OC[C@H]1O[C@@H]2O[C@H]3[C@H](O)[C@@H](O)[C@@H](O[C@H]4[C@H](O)[C@@H](O)[C@@H](O[C@H]5[C@H](O)[C@@H](OC[C@H]6O[C@H](O[C@H]1[C@H](O)[C@H]2O)[C@H](O)[C@@H](O)[C@@H]6O)[C@@H](O)O[C@@H]5CO)O[C@@H]4CO)O[C@@H]3CO. The highest BCUT2D eigenvalue weighted by Gasteiger charge is 2.57. The van der Waals surface area contributed by atoms with E-state index in [1.165, 1.54) is 0 Å². The van der Waals surface area contributed by atoms with Crippen molar-refractivity contribution in [1.29, 1.82) is 0 Å². The van der Waals surface area contributed by atoms with Crippen molar-refractivity contribution in [2.75, 3.05) is 33.0 Å². The van der Waals surface area contributed by atoms with E-state index in [1.807, 2.05) is 0 Å². The average molecular weight is 811 g/mol. The predicted octanol–water partition coefficient (Wildman–Crippen LogP) is -10.9. The summed E-state index contributed by atoms with van der Waals surface area (Å²) in [5.74, 6) is 0. The van der Waals surface area contributed by atoms with Crippen LogP contribution in [-0.2, 0) is 47.4 Å². The van der Waals surface area contributed by atoms with Crippen molar-refractivity contribution < 1.29 is 124 Å². The number of aliphatic hydroxyl groups is 15. The Bertz CT molecular complexity index is 1220. The van der Waals surface area contributed by atoms with Gasteiger partial charge in [-0.2, -0.15) is 0 Å². The predicted molar refractivity (Wildman–Crippen MR) is 163 cm³/mol. The first-order valence-corrected chi connectivity index (χ1v) is 17.6. The van der Waals surface area contributed by atoms with Gasteiger partial charge in [0.05, 0.1) is 33.0 Å². The van der Waals surface area contributed by atoms with E-state index in [-0.39, 0.29) is 0 Å². The van der Waals surface area contributed by atoms with Crippen LogP contribution in [-0.4, -0.2) is 263 Å². The zero-order valence-electron chi connectivity index (χ0n) is 28.8. The zero-order valence-corrected chi connectivity index (χ0v) is 28.8. The van der Waals surface area contributed by atoms with Gasteiger partial charge in [-0.25, -0.2) is 0 Å². The molecule has 11 rings (SSSR count). The van der Waals surface area contributed by atoms with E-state index in [0.29, 0.717) is 0 Å². The number of hydrogen-bond donors (Lipinski definition) is 15. The Labute approximate surface area is 310 Å². The second kappa shape index (κ2) is 18.1. The maximum absolute atomic E-state index is 11.3. The summed E-state index contributed by atoms with van der Waals surface area (Å²) in [5, 5.41) is 161. The lowest BCUT2D eigenvalue weighted by atomic mass is 9.95.